The Kier molecular flexibility index (Phi) is 12.3. The highest BCUT2D eigenvalue weighted by Gasteiger charge is 2.46. The molecule has 2 heterocycles. The van der Waals surface area contributed by atoms with Crippen molar-refractivity contribution in [3.63, 3.8) is 0 Å². The Bertz CT molecular complexity index is 1060. The summed E-state index contributed by atoms with van der Waals surface area (Å²) in [6.45, 7) is 7.92. The molecule has 40 heavy (non-hydrogen) atoms. The van der Waals surface area contributed by atoms with Crippen molar-refractivity contribution < 1.29 is 19.1 Å². The van der Waals surface area contributed by atoms with Crippen LogP contribution in [0.4, 0.5) is 5.69 Å². The Balaban J connectivity index is 0.00000103. The number of carbonyl (C=O) groups is 2. The van der Waals surface area contributed by atoms with Crippen LogP contribution in [0.1, 0.15) is 50.2 Å². The summed E-state index contributed by atoms with van der Waals surface area (Å²) >= 11 is 0. The number of likely N-dealkylation sites (N-methyl/N-ethyl adjacent to an activating group) is 2. The number of nitrogens with zero attached hydrogens (tertiary/aromatic N) is 4. The minimum absolute atomic E-state index is 0.00772. The Morgan fingerprint density at radius 3 is 2.23 bits per heavy atom. The van der Waals surface area contributed by atoms with Crippen molar-refractivity contribution in [2.75, 3.05) is 66.0 Å². The molecule has 2 aliphatic rings. The molecule has 2 aliphatic heterocycles. The topological polar surface area (TPSA) is 65.6 Å². The minimum atomic E-state index is -0.818. The summed E-state index contributed by atoms with van der Waals surface area (Å²) in [5, 5.41) is 0. The summed E-state index contributed by atoms with van der Waals surface area (Å²) in [5.74, 6) is 0.761. The van der Waals surface area contributed by atoms with E-state index < -0.39 is 5.54 Å². The lowest BCUT2D eigenvalue weighted by Crippen LogP contribution is -2.61. The van der Waals surface area contributed by atoms with Gasteiger partial charge in [-0.25, -0.2) is 0 Å². The molecule has 2 saturated heterocycles. The van der Waals surface area contributed by atoms with Crippen LogP contribution in [0.5, 0.6) is 5.75 Å². The predicted molar refractivity (Wildman–Crippen MR) is 161 cm³/mol. The Morgan fingerprint density at radius 1 is 0.950 bits per heavy atom. The van der Waals surface area contributed by atoms with Crippen molar-refractivity contribution in [2.24, 2.45) is 0 Å². The maximum absolute atomic E-state index is 13.7. The van der Waals surface area contributed by atoms with Crippen LogP contribution in [0, 0.1) is 0 Å². The first kappa shape index (κ1) is 31.4. The van der Waals surface area contributed by atoms with Gasteiger partial charge in [0.15, 0.2) is 0 Å². The fraction of sp³-hybridized carbons (Fsp3) is 0.562. The van der Waals surface area contributed by atoms with Crippen LogP contribution in [0.2, 0.25) is 0 Å². The third-order valence-electron chi connectivity index (χ3n) is 8.14. The lowest BCUT2D eigenvalue weighted by Gasteiger charge is -2.46. The lowest BCUT2D eigenvalue weighted by molar-refractivity contribution is -0.151. The molecular formula is C32H48N4O4. The van der Waals surface area contributed by atoms with E-state index in [4.69, 9.17) is 4.74 Å². The van der Waals surface area contributed by atoms with Crippen molar-refractivity contribution in [1.82, 2.24) is 14.7 Å². The van der Waals surface area contributed by atoms with Gasteiger partial charge in [0.25, 0.3) is 0 Å². The zero-order chi connectivity index (χ0) is 29.0. The summed E-state index contributed by atoms with van der Waals surface area (Å²) in [7, 11) is 6.88. The number of anilines is 1. The minimum Gasteiger partial charge on any atom is -0.497 e. The van der Waals surface area contributed by atoms with Gasteiger partial charge in [-0.15, -0.1) is 0 Å². The number of ether oxygens (including phenoxy) is 2. The molecule has 0 aromatic heterocycles. The molecule has 2 aromatic rings. The zero-order valence-electron chi connectivity index (χ0n) is 25.1. The zero-order valence-corrected chi connectivity index (χ0v) is 25.1. The van der Waals surface area contributed by atoms with Gasteiger partial charge in [0, 0.05) is 72.8 Å². The molecule has 4 rings (SSSR count). The molecule has 0 unspecified atom stereocenters. The van der Waals surface area contributed by atoms with E-state index in [1.807, 2.05) is 38.2 Å². The van der Waals surface area contributed by atoms with Crippen molar-refractivity contribution in [3.8, 4) is 5.75 Å². The number of carbonyl (C=O) groups excluding carboxylic acids is 2. The average molecular weight is 553 g/mol. The summed E-state index contributed by atoms with van der Waals surface area (Å²) in [6.07, 6.45) is 5.90. The molecule has 0 bridgehead atoms. The Labute approximate surface area is 240 Å². The molecule has 220 valence electrons. The van der Waals surface area contributed by atoms with E-state index in [9.17, 15) is 9.59 Å². The molecule has 2 fully saturated rings. The van der Waals surface area contributed by atoms with Gasteiger partial charge in [0.2, 0.25) is 12.3 Å². The van der Waals surface area contributed by atoms with Crippen molar-refractivity contribution in [3.05, 3.63) is 59.7 Å². The van der Waals surface area contributed by atoms with Crippen LogP contribution in [0.25, 0.3) is 0 Å². The number of piperidine rings is 2. The van der Waals surface area contributed by atoms with Crippen LogP contribution in [0.15, 0.2) is 48.5 Å². The molecule has 0 radical (unpaired) electrons. The smallest absolute Gasteiger partial charge is 0.248 e. The van der Waals surface area contributed by atoms with Crippen LogP contribution >= 0.6 is 0 Å². The summed E-state index contributed by atoms with van der Waals surface area (Å²) in [4.78, 5) is 33.8. The highest BCUT2D eigenvalue weighted by molar-refractivity contribution is 5.88. The second kappa shape index (κ2) is 15.6. The van der Waals surface area contributed by atoms with Gasteiger partial charge in [0.05, 0.1) is 7.11 Å². The van der Waals surface area contributed by atoms with Gasteiger partial charge in [-0.3, -0.25) is 14.5 Å². The van der Waals surface area contributed by atoms with Gasteiger partial charge in [-0.2, -0.15) is 0 Å². The number of methoxy groups -OCH3 is 2. The van der Waals surface area contributed by atoms with Gasteiger partial charge in [-0.05, 0) is 74.4 Å². The number of likely N-dealkylation sites (tertiary alicyclic amines) is 1. The molecular weight excluding hydrogens is 504 g/mol. The number of rotatable bonds is 10. The summed E-state index contributed by atoms with van der Waals surface area (Å²) in [5.41, 5.74) is 2.80. The number of benzene rings is 2. The van der Waals surface area contributed by atoms with E-state index >= 15 is 0 Å². The van der Waals surface area contributed by atoms with Crippen LogP contribution in [0.3, 0.4) is 0 Å². The normalized spacial score (nSPS) is 16.9. The second-order valence-electron chi connectivity index (χ2n) is 10.8. The average Bonchev–Trinajstić information content (AvgIpc) is 3.01. The largest absolute Gasteiger partial charge is 0.497 e. The van der Waals surface area contributed by atoms with Crippen LogP contribution in [-0.4, -0.2) is 93.7 Å². The third-order valence-corrected chi connectivity index (χ3v) is 8.14. The maximum Gasteiger partial charge on any atom is 0.248 e. The standard InChI is InChI=1S/C29H40N4O3.C3H8O/c1-30(21-25-10-8-12-27(20-25)36-3)28(35)29(31(2)23-34)13-17-32(18-14-29)22-24-9-7-11-26(19-24)33-15-5-4-6-16-33;1-3-4-2/h7-12,19-20,23H,4-6,13-18,21-22H2,1-3H3;3H2,1-2H3. The van der Waals surface area contributed by atoms with E-state index in [1.54, 1.807) is 31.1 Å². The molecule has 8 nitrogen and oxygen atoms in total. The number of hydrogen-bond donors (Lipinski definition) is 0. The van der Waals surface area contributed by atoms with Crippen LogP contribution < -0.4 is 9.64 Å². The van der Waals surface area contributed by atoms with Crippen molar-refractivity contribution in [2.45, 2.75) is 57.7 Å². The van der Waals surface area contributed by atoms with E-state index in [1.165, 1.54) is 30.5 Å². The highest BCUT2D eigenvalue weighted by atomic mass is 16.5. The van der Waals surface area contributed by atoms with E-state index in [2.05, 4.69) is 38.8 Å². The van der Waals surface area contributed by atoms with Gasteiger partial charge >= 0.3 is 0 Å². The first-order valence-electron chi connectivity index (χ1n) is 14.5. The Morgan fingerprint density at radius 2 is 1.60 bits per heavy atom. The van der Waals surface area contributed by atoms with Gasteiger partial charge < -0.3 is 24.2 Å². The van der Waals surface area contributed by atoms with Crippen molar-refractivity contribution in [1.29, 1.82) is 0 Å². The predicted octanol–water partition coefficient (Wildman–Crippen LogP) is 4.42. The molecule has 8 heteroatoms. The van der Waals surface area contributed by atoms with Gasteiger partial charge in [-0.1, -0.05) is 24.3 Å². The SMILES string of the molecule is CCOC.COc1cccc(CN(C)C(=O)C2(N(C)C=O)CCN(Cc3cccc(N4CCCCC4)c3)CC2)c1. The Hall–Kier alpha value is -3.10. The third kappa shape index (κ3) is 8.21. The first-order valence-corrected chi connectivity index (χ1v) is 14.5. The van der Waals surface area contributed by atoms with E-state index in [0.717, 1.165) is 57.1 Å². The van der Waals surface area contributed by atoms with E-state index in [0.29, 0.717) is 19.4 Å². The second-order valence-corrected chi connectivity index (χ2v) is 10.8. The number of amides is 2. The molecule has 0 spiro atoms. The highest BCUT2D eigenvalue weighted by Crippen LogP contribution is 2.31. The fourth-order valence-electron chi connectivity index (χ4n) is 5.63. The first-order chi connectivity index (χ1) is 19.4. The quantitative estimate of drug-likeness (QED) is 0.407. The van der Waals surface area contributed by atoms with Crippen molar-refractivity contribution >= 4 is 18.0 Å². The molecule has 0 saturated carbocycles. The number of hydrogen-bond acceptors (Lipinski definition) is 6. The van der Waals surface area contributed by atoms with E-state index in [-0.39, 0.29) is 5.91 Å². The molecule has 2 amide bonds. The molecule has 2 aromatic carbocycles. The fourth-order valence-corrected chi connectivity index (χ4v) is 5.63. The summed E-state index contributed by atoms with van der Waals surface area (Å²) in [6, 6.07) is 16.6. The molecule has 0 atom stereocenters. The maximum atomic E-state index is 13.7. The lowest BCUT2D eigenvalue weighted by atomic mass is 9.84. The molecule has 0 N–H and O–H groups in total. The molecule has 0 aliphatic carbocycles. The van der Waals surface area contributed by atoms with Gasteiger partial charge in [0.1, 0.15) is 11.3 Å². The van der Waals surface area contributed by atoms with Crippen LogP contribution in [-0.2, 0) is 27.4 Å². The monoisotopic (exact) mass is 552 g/mol. The summed E-state index contributed by atoms with van der Waals surface area (Å²) < 4.78 is 9.87.